The molecule has 2 aliphatic heterocycles. The quantitative estimate of drug-likeness (QED) is 0.931. The zero-order valence-corrected chi connectivity index (χ0v) is 14.5. The number of carbonyl (C=O) groups excluding carboxylic acids is 1. The number of hydrogen-bond donors (Lipinski definition) is 1. The molecule has 2 aromatic rings. The molecule has 0 aliphatic carbocycles. The maximum absolute atomic E-state index is 12.8. The number of aryl methyl sites for hydroxylation is 1. The molecule has 0 unspecified atom stereocenters. The molecule has 0 aromatic carbocycles. The Labute approximate surface area is 147 Å². The smallest absolute Gasteiger partial charge is 0.270 e. The SMILES string of the molecule is Cn1cccc1C(=O)N1CCC[C@]2(C[C@@H](Nc3ccccn3)CO2)C1. The largest absolute Gasteiger partial charge is 0.371 e. The van der Waals surface area contributed by atoms with Crippen molar-refractivity contribution in [3.8, 4) is 0 Å². The molecular weight excluding hydrogens is 316 g/mol. The summed E-state index contributed by atoms with van der Waals surface area (Å²) in [6, 6.07) is 9.88. The fourth-order valence-electron chi connectivity index (χ4n) is 4.00. The Hall–Kier alpha value is -2.34. The third-order valence-corrected chi connectivity index (χ3v) is 5.22. The summed E-state index contributed by atoms with van der Waals surface area (Å²) < 4.78 is 8.08. The standard InChI is InChI=1S/C19H24N4O2/c1-22-10-4-6-16(22)18(24)23-11-5-8-19(14-23)12-15(13-25-19)21-17-7-2-3-9-20-17/h2-4,6-7,9-10,15H,5,8,11-14H2,1H3,(H,20,21)/t15-,19+/m1/s1. The summed E-state index contributed by atoms with van der Waals surface area (Å²) in [7, 11) is 1.91. The van der Waals surface area contributed by atoms with Crippen LogP contribution < -0.4 is 5.32 Å². The number of anilines is 1. The summed E-state index contributed by atoms with van der Waals surface area (Å²) in [5.74, 6) is 0.969. The first kappa shape index (κ1) is 16.1. The van der Waals surface area contributed by atoms with Crippen LogP contribution in [0.25, 0.3) is 0 Å². The summed E-state index contributed by atoms with van der Waals surface area (Å²) in [4.78, 5) is 19.1. The minimum atomic E-state index is -0.231. The third kappa shape index (κ3) is 3.26. The van der Waals surface area contributed by atoms with Gasteiger partial charge in [-0.05, 0) is 37.1 Å². The normalized spacial score (nSPS) is 26.1. The van der Waals surface area contributed by atoms with Gasteiger partial charge < -0.3 is 19.5 Å². The number of hydrogen-bond acceptors (Lipinski definition) is 4. The number of amides is 1. The van der Waals surface area contributed by atoms with Gasteiger partial charge in [0.25, 0.3) is 5.91 Å². The lowest BCUT2D eigenvalue weighted by atomic mass is 9.88. The van der Waals surface area contributed by atoms with Gasteiger partial charge >= 0.3 is 0 Å². The van der Waals surface area contributed by atoms with Gasteiger partial charge in [0, 0.05) is 32.4 Å². The van der Waals surface area contributed by atoms with E-state index < -0.39 is 0 Å². The summed E-state index contributed by atoms with van der Waals surface area (Å²) >= 11 is 0. The number of rotatable bonds is 3. The first-order chi connectivity index (χ1) is 12.2. The molecule has 1 amide bonds. The Morgan fingerprint density at radius 3 is 3.04 bits per heavy atom. The van der Waals surface area contributed by atoms with E-state index in [-0.39, 0.29) is 17.6 Å². The number of nitrogens with zero attached hydrogens (tertiary/aromatic N) is 3. The average Bonchev–Trinajstić information content (AvgIpc) is 3.22. The van der Waals surface area contributed by atoms with Crippen molar-refractivity contribution in [3.63, 3.8) is 0 Å². The Kier molecular flexibility index (Phi) is 4.21. The first-order valence-electron chi connectivity index (χ1n) is 8.87. The van der Waals surface area contributed by atoms with E-state index in [9.17, 15) is 4.79 Å². The zero-order chi connectivity index (χ0) is 17.3. The van der Waals surface area contributed by atoms with Gasteiger partial charge in [-0.25, -0.2) is 4.98 Å². The van der Waals surface area contributed by atoms with Crippen molar-refractivity contribution in [2.24, 2.45) is 7.05 Å². The Balaban J connectivity index is 1.42. The van der Waals surface area contributed by atoms with Crippen LogP contribution in [-0.2, 0) is 11.8 Å². The van der Waals surface area contributed by atoms with E-state index in [1.165, 1.54) is 0 Å². The lowest BCUT2D eigenvalue weighted by Gasteiger charge is -2.39. The molecule has 0 bridgehead atoms. The molecule has 25 heavy (non-hydrogen) atoms. The van der Waals surface area contributed by atoms with Crippen molar-refractivity contribution in [1.29, 1.82) is 0 Å². The third-order valence-electron chi connectivity index (χ3n) is 5.22. The van der Waals surface area contributed by atoms with Crippen LogP contribution in [0.3, 0.4) is 0 Å². The summed E-state index contributed by atoms with van der Waals surface area (Å²) in [6.07, 6.45) is 6.58. The number of likely N-dealkylation sites (tertiary alicyclic amines) is 1. The number of piperidine rings is 1. The second-order valence-corrected chi connectivity index (χ2v) is 7.09. The van der Waals surface area contributed by atoms with E-state index in [4.69, 9.17) is 4.74 Å². The van der Waals surface area contributed by atoms with Crippen molar-refractivity contribution in [2.45, 2.75) is 30.9 Å². The van der Waals surface area contributed by atoms with Gasteiger partial charge in [-0.15, -0.1) is 0 Å². The van der Waals surface area contributed by atoms with E-state index >= 15 is 0 Å². The molecule has 1 spiro atoms. The van der Waals surface area contributed by atoms with E-state index in [1.807, 2.05) is 53.0 Å². The van der Waals surface area contributed by atoms with Crippen LogP contribution in [0.15, 0.2) is 42.7 Å². The van der Waals surface area contributed by atoms with Gasteiger partial charge in [-0.1, -0.05) is 6.07 Å². The molecule has 4 rings (SSSR count). The predicted molar refractivity (Wildman–Crippen MR) is 95.5 cm³/mol. The first-order valence-corrected chi connectivity index (χ1v) is 8.87. The van der Waals surface area contributed by atoms with Crippen molar-refractivity contribution >= 4 is 11.7 Å². The molecule has 1 N–H and O–H groups in total. The number of pyridine rings is 1. The molecular formula is C19H24N4O2. The highest BCUT2D eigenvalue weighted by Gasteiger charge is 2.44. The van der Waals surface area contributed by atoms with Gasteiger partial charge in [-0.3, -0.25) is 4.79 Å². The fourth-order valence-corrected chi connectivity index (χ4v) is 4.00. The molecule has 2 saturated heterocycles. The van der Waals surface area contributed by atoms with Crippen LogP contribution in [0.1, 0.15) is 29.8 Å². The van der Waals surface area contributed by atoms with Crippen LogP contribution in [0.4, 0.5) is 5.82 Å². The van der Waals surface area contributed by atoms with Gasteiger partial charge in [-0.2, -0.15) is 0 Å². The summed E-state index contributed by atoms with van der Waals surface area (Å²) in [5, 5.41) is 3.45. The van der Waals surface area contributed by atoms with Crippen molar-refractivity contribution < 1.29 is 9.53 Å². The molecule has 6 heteroatoms. The summed E-state index contributed by atoms with van der Waals surface area (Å²) in [6.45, 7) is 2.12. The average molecular weight is 340 g/mol. The Bertz CT molecular complexity index is 745. The van der Waals surface area contributed by atoms with Gasteiger partial charge in [0.1, 0.15) is 11.5 Å². The monoisotopic (exact) mass is 340 g/mol. The van der Waals surface area contributed by atoms with Crippen LogP contribution >= 0.6 is 0 Å². The second-order valence-electron chi connectivity index (χ2n) is 7.09. The molecule has 0 radical (unpaired) electrons. The molecule has 2 fully saturated rings. The molecule has 2 aromatic heterocycles. The minimum absolute atomic E-state index is 0.0938. The van der Waals surface area contributed by atoms with Gasteiger partial charge in [0.05, 0.1) is 24.8 Å². The fraction of sp³-hybridized carbons (Fsp3) is 0.474. The zero-order valence-electron chi connectivity index (χ0n) is 14.5. The number of carbonyl (C=O) groups is 1. The van der Waals surface area contributed by atoms with Crippen molar-refractivity contribution in [1.82, 2.24) is 14.5 Å². The van der Waals surface area contributed by atoms with Crippen LogP contribution in [-0.4, -0.2) is 51.7 Å². The molecule has 4 heterocycles. The number of aromatic nitrogens is 2. The van der Waals surface area contributed by atoms with E-state index in [0.717, 1.165) is 37.3 Å². The van der Waals surface area contributed by atoms with E-state index in [0.29, 0.717) is 13.2 Å². The topological polar surface area (TPSA) is 59.4 Å². The van der Waals surface area contributed by atoms with Gasteiger partial charge in [0.2, 0.25) is 0 Å². The molecule has 0 saturated carbocycles. The minimum Gasteiger partial charge on any atom is -0.371 e. The molecule has 2 aliphatic rings. The van der Waals surface area contributed by atoms with Crippen molar-refractivity contribution in [3.05, 3.63) is 48.4 Å². The van der Waals surface area contributed by atoms with E-state index in [2.05, 4.69) is 10.3 Å². The van der Waals surface area contributed by atoms with Crippen LogP contribution in [0.5, 0.6) is 0 Å². The molecule has 132 valence electrons. The highest BCUT2D eigenvalue weighted by Crippen LogP contribution is 2.36. The summed E-state index contributed by atoms with van der Waals surface area (Å²) in [5.41, 5.74) is 0.504. The highest BCUT2D eigenvalue weighted by atomic mass is 16.5. The highest BCUT2D eigenvalue weighted by molar-refractivity contribution is 5.92. The Morgan fingerprint density at radius 1 is 1.36 bits per heavy atom. The van der Waals surface area contributed by atoms with Crippen LogP contribution in [0.2, 0.25) is 0 Å². The molecule has 2 atom stereocenters. The number of nitrogens with one attached hydrogen (secondary N) is 1. The van der Waals surface area contributed by atoms with Gasteiger partial charge in [0.15, 0.2) is 0 Å². The lowest BCUT2D eigenvalue weighted by Crippen LogP contribution is -2.50. The van der Waals surface area contributed by atoms with Crippen molar-refractivity contribution in [2.75, 3.05) is 25.0 Å². The lowest BCUT2D eigenvalue weighted by molar-refractivity contribution is -0.0449. The predicted octanol–water partition coefficient (Wildman–Crippen LogP) is 2.30. The number of ether oxygens (including phenoxy) is 1. The Morgan fingerprint density at radius 2 is 2.28 bits per heavy atom. The maximum Gasteiger partial charge on any atom is 0.270 e. The van der Waals surface area contributed by atoms with Crippen LogP contribution in [0, 0.1) is 0 Å². The maximum atomic E-state index is 12.8. The second kappa shape index (κ2) is 6.52. The van der Waals surface area contributed by atoms with E-state index in [1.54, 1.807) is 6.20 Å². The molecule has 6 nitrogen and oxygen atoms in total.